The summed E-state index contributed by atoms with van der Waals surface area (Å²) in [5, 5.41) is 12.4. The number of amides is 1. The quantitative estimate of drug-likeness (QED) is 0.305. The second kappa shape index (κ2) is 10.9. The lowest BCUT2D eigenvalue weighted by molar-refractivity contribution is 0.0607. The van der Waals surface area contributed by atoms with Crippen LogP contribution in [-0.4, -0.2) is 29.6 Å². The largest absolute Gasteiger partial charge is 0.494 e. The highest BCUT2D eigenvalue weighted by molar-refractivity contribution is 6.03. The number of nitrogens with one attached hydrogen (secondary N) is 1. The van der Waals surface area contributed by atoms with Gasteiger partial charge < -0.3 is 15.2 Å². The Hall–Kier alpha value is -3.44. The van der Waals surface area contributed by atoms with E-state index < -0.39 is 17.9 Å². The standard InChI is InChI=1S/C25H25NO4/c27-23(20-13-5-2-6-14-20)25(29)26-24(28)21-15-9-16-22(18-21)30-17-8-7-12-19-10-3-1-4-11-19/h1-6,9-11,13-16,18,25,29H,7-8,12,17H2,(H,26,28). The molecule has 3 aromatic rings. The van der Waals surface area contributed by atoms with Crippen molar-refractivity contribution in [3.05, 3.63) is 102 Å². The van der Waals surface area contributed by atoms with E-state index in [0.29, 0.717) is 23.5 Å². The number of aryl methyl sites for hydroxylation is 1. The lowest BCUT2D eigenvalue weighted by atomic mass is 10.1. The highest BCUT2D eigenvalue weighted by atomic mass is 16.5. The van der Waals surface area contributed by atoms with Crippen molar-refractivity contribution in [2.75, 3.05) is 6.61 Å². The van der Waals surface area contributed by atoms with Gasteiger partial charge in [0.05, 0.1) is 6.61 Å². The van der Waals surface area contributed by atoms with Gasteiger partial charge in [-0.3, -0.25) is 9.59 Å². The third kappa shape index (κ3) is 6.29. The molecule has 0 aliphatic rings. The molecule has 0 aliphatic heterocycles. The fourth-order valence-corrected chi connectivity index (χ4v) is 3.03. The van der Waals surface area contributed by atoms with Gasteiger partial charge in [0, 0.05) is 11.1 Å². The molecule has 1 atom stereocenters. The van der Waals surface area contributed by atoms with Gasteiger partial charge in [0.1, 0.15) is 5.75 Å². The molecule has 0 aliphatic carbocycles. The van der Waals surface area contributed by atoms with Gasteiger partial charge in [0.2, 0.25) is 5.78 Å². The van der Waals surface area contributed by atoms with Gasteiger partial charge in [0.25, 0.3) is 5.91 Å². The third-order valence-electron chi connectivity index (χ3n) is 4.64. The van der Waals surface area contributed by atoms with Crippen LogP contribution >= 0.6 is 0 Å². The Bertz CT molecular complexity index is 957. The lowest BCUT2D eigenvalue weighted by Crippen LogP contribution is -2.40. The number of unbranched alkanes of at least 4 members (excludes halogenated alkanes) is 1. The van der Waals surface area contributed by atoms with Crippen molar-refractivity contribution in [3.63, 3.8) is 0 Å². The number of hydrogen-bond donors (Lipinski definition) is 2. The summed E-state index contributed by atoms with van der Waals surface area (Å²) in [6.07, 6.45) is 1.30. The van der Waals surface area contributed by atoms with Crippen molar-refractivity contribution in [2.24, 2.45) is 0 Å². The monoisotopic (exact) mass is 403 g/mol. The SMILES string of the molecule is O=C(NC(O)C(=O)c1ccccc1)c1cccc(OCCCCc2ccccc2)c1. The number of benzene rings is 3. The molecule has 3 rings (SSSR count). The topological polar surface area (TPSA) is 75.6 Å². The number of ketones is 1. The second-order valence-corrected chi connectivity index (χ2v) is 6.93. The molecule has 0 saturated carbocycles. The van der Waals surface area contributed by atoms with Crippen LogP contribution in [0.25, 0.3) is 0 Å². The molecule has 5 nitrogen and oxygen atoms in total. The molecule has 1 unspecified atom stereocenters. The molecule has 154 valence electrons. The van der Waals surface area contributed by atoms with Crippen LogP contribution in [0.4, 0.5) is 0 Å². The van der Waals surface area contributed by atoms with Crippen molar-refractivity contribution in [1.82, 2.24) is 5.32 Å². The number of carbonyl (C=O) groups is 2. The molecule has 0 spiro atoms. The normalized spacial score (nSPS) is 11.5. The lowest BCUT2D eigenvalue weighted by Gasteiger charge is -2.13. The van der Waals surface area contributed by atoms with E-state index in [9.17, 15) is 14.7 Å². The summed E-state index contributed by atoms with van der Waals surface area (Å²) in [6, 6.07) is 25.3. The van der Waals surface area contributed by atoms with Gasteiger partial charge in [-0.15, -0.1) is 0 Å². The van der Waals surface area contributed by atoms with E-state index in [0.717, 1.165) is 19.3 Å². The Labute approximate surface area is 176 Å². The fraction of sp³-hybridized carbons (Fsp3) is 0.200. The number of aliphatic hydroxyl groups is 1. The number of Topliss-reactive ketones (excluding diaryl/α,β-unsaturated/α-hetero) is 1. The minimum Gasteiger partial charge on any atom is -0.494 e. The minimum absolute atomic E-state index is 0.316. The van der Waals surface area contributed by atoms with Crippen molar-refractivity contribution in [2.45, 2.75) is 25.5 Å². The molecule has 2 N–H and O–H groups in total. The first kappa shape index (κ1) is 21.3. The average Bonchev–Trinajstić information content (AvgIpc) is 2.79. The Balaban J connectivity index is 1.47. The molecular formula is C25H25NO4. The second-order valence-electron chi connectivity index (χ2n) is 6.93. The van der Waals surface area contributed by atoms with E-state index in [1.54, 1.807) is 54.6 Å². The zero-order valence-electron chi connectivity index (χ0n) is 16.7. The highest BCUT2D eigenvalue weighted by Gasteiger charge is 2.20. The van der Waals surface area contributed by atoms with Crippen LogP contribution in [0.2, 0.25) is 0 Å². The summed E-state index contributed by atoms with van der Waals surface area (Å²) in [6.45, 7) is 0.549. The summed E-state index contributed by atoms with van der Waals surface area (Å²) < 4.78 is 5.75. The van der Waals surface area contributed by atoms with E-state index in [4.69, 9.17) is 4.74 Å². The van der Waals surface area contributed by atoms with Crippen molar-refractivity contribution >= 4 is 11.7 Å². The van der Waals surface area contributed by atoms with Crippen LogP contribution in [0, 0.1) is 0 Å². The molecular weight excluding hydrogens is 378 g/mol. The first-order valence-corrected chi connectivity index (χ1v) is 9.98. The summed E-state index contributed by atoms with van der Waals surface area (Å²) in [5.74, 6) is -0.526. The van der Waals surface area contributed by atoms with Crippen LogP contribution in [0.15, 0.2) is 84.9 Å². The molecule has 0 bridgehead atoms. The Kier molecular flexibility index (Phi) is 7.75. The van der Waals surface area contributed by atoms with E-state index in [1.165, 1.54) is 5.56 Å². The zero-order valence-corrected chi connectivity index (χ0v) is 16.7. The molecule has 0 aromatic heterocycles. The highest BCUT2D eigenvalue weighted by Crippen LogP contribution is 2.15. The van der Waals surface area contributed by atoms with Crippen molar-refractivity contribution < 1.29 is 19.4 Å². The Morgan fingerprint density at radius 3 is 2.23 bits per heavy atom. The molecule has 1 amide bonds. The van der Waals surface area contributed by atoms with Gasteiger partial charge in [-0.25, -0.2) is 0 Å². The van der Waals surface area contributed by atoms with E-state index in [-0.39, 0.29) is 0 Å². The summed E-state index contributed by atoms with van der Waals surface area (Å²) in [4.78, 5) is 24.6. The average molecular weight is 403 g/mol. The summed E-state index contributed by atoms with van der Waals surface area (Å²) in [5.41, 5.74) is 1.95. The van der Waals surface area contributed by atoms with E-state index in [1.807, 2.05) is 18.2 Å². The van der Waals surface area contributed by atoms with E-state index in [2.05, 4.69) is 17.4 Å². The summed E-state index contributed by atoms with van der Waals surface area (Å²) >= 11 is 0. The zero-order chi connectivity index (χ0) is 21.2. The molecule has 3 aromatic carbocycles. The van der Waals surface area contributed by atoms with Crippen LogP contribution < -0.4 is 10.1 Å². The fourth-order valence-electron chi connectivity index (χ4n) is 3.03. The van der Waals surface area contributed by atoms with Gasteiger partial charge >= 0.3 is 0 Å². The Morgan fingerprint density at radius 2 is 1.50 bits per heavy atom. The minimum atomic E-state index is -1.61. The van der Waals surface area contributed by atoms with Gasteiger partial charge in [0.15, 0.2) is 6.23 Å². The molecule has 30 heavy (non-hydrogen) atoms. The molecule has 0 saturated heterocycles. The Morgan fingerprint density at radius 1 is 0.833 bits per heavy atom. The predicted octanol–water partition coefficient (Wildman–Crippen LogP) is 4.02. The van der Waals surface area contributed by atoms with Crippen LogP contribution in [0.3, 0.4) is 0 Å². The van der Waals surface area contributed by atoms with Gasteiger partial charge in [-0.1, -0.05) is 66.7 Å². The van der Waals surface area contributed by atoms with E-state index >= 15 is 0 Å². The molecule has 0 fully saturated rings. The number of ether oxygens (including phenoxy) is 1. The molecule has 0 radical (unpaired) electrons. The molecule has 5 heteroatoms. The van der Waals surface area contributed by atoms with Gasteiger partial charge in [-0.2, -0.15) is 0 Å². The number of rotatable bonds is 10. The smallest absolute Gasteiger partial charge is 0.253 e. The van der Waals surface area contributed by atoms with Gasteiger partial charge in [-0.05, 0) is 43.0 Å². The van der Waals surface area contributed by atoms with Crippen LogP contribution in [-0.2, 0) is 6.42 Å². The molecule has 0 heterocycles. The maximum Gasteiger partial charge on any atom is 0.253 e. The predicted molar refractivity (Wildman–Crippen MR) is 116 cm³/mol. The number of aliphatic hydroxyl groups excluding tert-OH is 1. The number of carbonyl (C=O) groups excluding carboxylic acids is 2. The first-order chi connectivity index (χ1) is 14.6. The van der Waals surface area contributed by atoms with Crippen LogP contribution in [0.1, 0.15) is 39.1 Å². The summed E-state index contributed by atoms with van der Waals surface area (Å²) in [7, 11) is 0. The van der Waals surface area contributed by atoms with Crippen molar-refractivity contribution in [1.29, 1.82) is 0 Å². The number of hydrogen-bond acceptors (Lipinski definition) is 4. The third-order valence-corrected chi connectivity index (χ3v) is 4.64. The maximum absolute atomic E-state index is 12.4. The van der Waals surface area contributed by atoms with Crippen molar-refractivity contribution in [3.8, 4) is 5.75 Å². The maximum atomic E-state index is 12.4. The first-order valence-electron chi connectivity index (χ1n) is 9.98. The van der Waals surface area contributed by atoms with Crippen LogP contribution in [0.5, 0.6) is 5.75 Å².